The SMILES string of the molecule is COc1ccc(NC(=O)CCCOc2ccccc2C)cc1NC(C)=O. The Morgan fingerprint density at radius 2 is 1.81 bits per heavy atom. The van der Waals surface area contributed by atoms with Gasteiger partial charge in [-0.1, -0.05) is 18.2 Å². The van der Waals surface area contributed by atoms with E-state index in [9.17, 15) is 9.59 Å². The highest BCUT2D eigenvalue weighted by atomic mass is 16.5. The maximum atomic E-state index is 12.1. The summed E-state index contributed by atoms with van der Waals surface area (Å²) in [6.07, 6.45) is 0.947. The van der Waals surface area contributed by atoms with E-state index in [1.165, 1.54) is 14.0 Å². The smallest absolute Gasteiger partial charge is 0.224 e. The quantitative estimate of drug-likeness (QED) is 0.706. The van der Waals surface area contributed by atoms with Crippen LogP contribution in [-0.2, 0) is 9.59 Å². The van der Waals surface area contributed by atoms with E-state index in [1.807, 2.05) is 31.2 Å². The summed E-state index contributed by atoms with van der Waals surface area (Å²) in [4.78, 5) is 23.4. The van der Waals surface area contributed by atoms with E-state index in [0.717, 1.165) is 11.3 Å². The molecule has 2 amide bonds. The van der Waals surface area contributed by atoms with Gasteiger partial charge >= 0.3 is 0 Å². The van der Waals surface area contributed by atoms with Gasteiger partial charge in [-0.05, 0) is 43.2 Å². The zero-order valence-electron chi connectivity index (χ0n) is 15.3. The number of nitrogens with one attached hydrogen (secondary N) is 2. The molecule has 2 rings (SSSR count). The van der Waals surface area contributed by atoms with Gasteiger partial charge in [-0.3, -0.25) is 9.59 Å². The van der Waals surface area contributed by atoms with Crippen LogP contribution < -0.4 is 20.1 Å². The van der Waals surface area contributed by atoms with E-state index < -0.39 is 0 Å². The van der Waals surface area contributed by atoms with Crippen LogP contribution in [-0.4, -0.2) is 25.5 Å². The topological polar surface area (TPSA) is 76.7 Å². The van der Waals surface area contributed by atoms with Gasteiger partial charge in [-0.15, -0.1) is 0 Å². The van der Waals surface area contributed by atoms with Crippen molar-refractivity contribution >= 4 is 23.2 Å². The molecule has 138 valence electrons. The highest BCUT2D eigenvalue weighted by Crippen LogP contribution is 2.28. The van der Waals surface area contributed by atoms with Crippen LogP contribution in [0.3, 0.4) is 0 Å². The maximum Gasteiger partial charge on any atom is 0.224 e. The van der Waals surface area contributed by atoms with E-state index >= 15 is 0 Å². The molecule has 6 nitrogen and oxygen atoms in total. The minimum Gasteiger partial charge on any atom is -0.495 e. The fourth-order valence-electron chi connectivity index (χ4n) is 2.43. The highest BCUT2D eigenvalue weighted by molar-refractivity contribution is 5.94. The Hall–Kier alpha value is -3.02. The monoisotopic (exact) mass is 356 g/mol. The lowest BCUT2D eigenvalue weighted by Gasteiger charge is -2.12. The molecular formula is C20H24N2O4. The number of carbonyl (C=O) groups is 2. The predicted molar refractivity (Wildman–Crippen MR) is 102 cm³/mol. The van der Waals surface area contributed by atoms with Gasteiger partial charge in [-0.25, -0.2) is 0 Å². The Labute approximate surface area is 153 Å². The lowest BCUT2D eigenvalue weighted by molar-refractivity contribution is -0.116. The molecule has 2 aromatic rings. The number of ether oxygens (including phenoxy) is 2. The summed E-state index contributed by atoms with van der Waals surface area (Å²) in [5.74, 6) is 1.05. The molecule has 0 unspecified atom stereocenters. The average Bonchev–Trinajstić information content (AvgIpc) is 2.60. The van der Waals surface area contributed by atoms with Gasteiger partial charge in [0.2, 0.25) is 11.8 Å². The molecule has 0 saturated heterocycles. The number of hydrogen-bond donors (Lipinski definition) is 2. The fourth-order valence-corrected chi connectivity index (χ4v) is 2.43. The molecule has 0 radical (unpaired) electrons. The first-order chi connectivity index (χ1) is 12.5. The molecule has 6 heteroatoms. The molecule has 0 aromatic heterocycles. The first-order valence-electron chi connectivity index (χ1n) is 8.43. The zero-order chi connectivity index (χ0) is 18.9. The summed E-state index contributed by atoms with van der Waals surface area (Å²) < 4.78 is 10.9. The number of hydrogen-bond acceptors (Lipinski definition) is 4. The second kappa shape index (κ2) is 9.46. The maximum absolute atomic E-state index is 12.1. The third kappa shape index (κ3) is 5.81. The van der Waals surface area contributed by atoms with Gasteiger partial charge in [0, 0.05) is 19.0 Å². The lowest BCUT2D eigenvalue weighted by Crippen LogP contribution is -2.14. The fraction of sp³-hybridized carbons (Fsp3) is 0.300. The van der Waals surface area contributed by atoms with Gasteiger partial charge in [0.05, 0.1) is 19.4 Å². The van der Waals surface area contributed by atoms with Crippen LogP contribution >= 0.6 is 0 Å². The number of carbonyl (C=O) groups excluding carboxylic acids is 2. The minimum absolute atomic E-state index is 0.114. The van der Waals surface area contributed by atoms with Crippen molar-refractivity contribution in [3.8, 4) is 11.5 Å². The van der Waals surface area contributed by atoms with E-state index in [2.05, 4.69) is 10.6 Å². The third-order valence-electron chi connectivity index (χ3n) is 3.69. The average molecular weight is 356 g/mol. The number of para-hydroxylation sites is 1. The van der Waals surface area contributed by atoms with Crippen LogP contribution in [0.15, 0.2) is 42.5 Å². The number of anilines is 2. The van der Waals surface area contributed by atoms with Crippen LogP contribution in [0.5, 0.6) is 11.5 Å². The van der Waals surface area contributed by atoms with E-state index in [1.54, 1.807) is 18.2 Å². The third-order valence-corrected chi connectivity index (χ3v) is 3.69. The molecule has 0 heterocycles. The first-order valence-corrected chi connectivity index (χ1v) is 8.43. The normalized spacial score (nSPS) is 10.1. The minimum atomic E-state index is -0.208. The number of aryl methyl sites for hydroxylation is 1. The zero-order valence-corrected chi connectivity index (χ0v) is 15.3. The van der Waals surface area contributed by atoms with Crippen LogP contribution in [0.25, 0.3) is 0 Å². The molecule has 26 heavy (non-hydrogen) atoms. The molecule has 2 aromatic carbocycles. The van der Waals surface area contributed by atoms with Crippen molar-refractivity contribution in [3.05, 3.63) is 48.0 Å². The summed E-state index contributed by atoms with van der Waals surface area (Å²) in [5, 5.41) is 5.49. The molecule has 0 atom stereocenters. The summed E-state index contributed by atoms with van der Waals surface area (Å²) in [7, 11) is 1.52. The second-order valence-electron chi connectivity index (χ2n) is 5.86. The van der Waals surface area contributed by atoms with Crippen molar-refractivity contribution in [2.45, 2.75) is 26.7 Å². The largest absolute Gasteiger partial charge is 0.495 e. The molecule has 0 fully saturated rings. The summed E-state index contributed by atoms with van der Waals surface area (Å²) in [6.45, 7) is 3.87. The van der Waals surface area contributed by atoms with Crippen LogP contribution in [0.2, 0.25) is 0 Å². The van der Waals surface area contributed by atoms with Gasteiger partial charge in [0.25, 0.3) is 0 Å². The van der Waals surface area contributed by atoms with Crippen LogP contribution in [0.1, 0.15) is 25.3 Å². The molecule has 0 spiro atoms. The van der Waals surface area contributed by atoms with E-state index in [4.69, 9.17) is 9.47 Å². The Morgan fingerprint density at radius 3 is 2.50 bits per heavy atom. The van der Waals surface area contributed by atoms with Gasteiger partial charge in [-0.2, -0.15) is 0 Å². The Bertz CT molecular complexity index is 774. The van der Waals surface area contributed by atoms with Gasteiger partial charge < -0.3 is 20.1 Å². The molecule has 0 bridgehead atoms. The molecule has 0 aliphatic carbocycles. The van der Waals surface area contributed by atoms with Crippen molar-refractivity contribution in [1.29, 1.82) is 0 Å². The van der Waals surface area contributed by atoms with Crippen molar-refractivity contribution in [1.82, 2.24) is 0 Å². The Balaban J connectivity index is 1.83. The van der Waals surface area contributed by atoms with Crippen LogP contribution in [0, 0.1) is 6.92 Å². The Morgan fingerprint density at radius 1 is 1.04 bits per heavy atom. The number of benzene rings is 2. The van der Waals surface area contributed by atoms with Crippen molar-refractivity contribution in [2.75, 3.05) is 24.4 Å². The Kier molecular flexibility index (Phi) is 7.02. The number of methoxy groups -OCH3 is 1. The summed E-state index contributed by atoms with van der Waals surface area (Å²) >= 11 is 0. The van der Waals surface area contributed by atoms with Crippen LogP contribution in [0.4, 0.5) is 11.4 Å². The van der Waals surface area contributed by atoms with E-state index in [-0.39, 0.29) is 11.8 Å². The molecule has 0 aliphatic rings. The number of amides is 2. The molecular weight excluding hydrogens is 332 g/mol. The summed E-state index contributed by atoms with van der Waals surface area (Å²) in [5.41, 5.74) is 2.18. The molecule has 0 aliphatic heterocycles. The predicted octanol–water partition coefficient (Wildman–Crippen LogP) is 3.76. The van der Waals surface area contributed by atoms with Gasteiger partial charge in [0.15, 0.2) is 0 Å². The number of rotatable bonds is 8. The van der Waals surface area contributed by atoms with Crippen molar-refractivity contribution < 1.29 is 19.1 Å². The van der Waals surface area contributed by atoms with Crippen molar-refractivity contribution in [2.24, 2.45) is 0 Å². The summed E-state index contributed by atoms with van der Waals surface area (Å²) in [6, 6.07) is 12.9. The lowest BCUT2D eigenvalue weighted by atomic mass is 10.2. The van der Waals surface area contributed by atoms with E-state index in [0.29, 0.717) is 36.6 Å². The molecule has 2 N–H and O–H groups in total. The standard InChI is InChI=1S/C20H24N2O4/c1-14-7-4-5-8-18(14)26-12-6-9-20(24)22-16-10-11-19(25-3)17(13-16)21-15(2)23/h4-5,7-8,10-11,13H,6,9,12H2,1-3H3,(H,21,23)(H,22,24). The molecule has 0 saturated carbocycles. The van der Waals surface area contributed by atoms with Gasteiger partial charge in [0.1, 0.15) is 11.5 Å². The first kappa shape index (κ1) is 19.3. The van der Waals surface area contributed by atoms with Crippen molar-refractivity contribution in [3.63, 3.8) is 0 Å². The highest BCUT2D eigenvalue weighted by Gasteiger charge is 2.08. The second-order valence-corrected chi connectivity index (χ2v) is 5.86.